The zero-order valence-corrected chi connectivity index (χ0v) is 13.1. The van der Waals surface area contributed by atoms with Crippen molar-refractivity contribution in [1.29, 1.82) is 0 Å². The number of hydrogen-bond donors (Lipinski definition) is 1. The third-order valence-corrected chi connectivity index (χ3v) is 5.90. The maximum Gasteiger partial charge on any atom is 0.0648 e. The van der Waals surface area contributed by atoms with E-state index in [1.165, 1.54) is 77.0 Å². The minimum Gasteiger partial charge on any atom is -0.390 e. The molecule has 19 heavy (non-hydrogen) atoms. The Hall–Kier alpha value is -0.0400. The van der Waals surface area contributed by atoms with Crippen LogP contribution in [-0.2, 0) is 0 Å². The van der Waals surface area contributed by atoms with Gasteiger partial charge in [0.2, 0.25) is 0 Å². The summed E-state index contributed by atoms with van der Waals surface area (Å²) in [5, 5.41) is 10.7. The van der Waals surface area contributed by atoms with Crippen molar-refractivity contribution in [2.45, 2.75) is 109 Å². The summed E-state index contributed by atoms with van der Waals surface area (Å²) in [5.41, 5.74) is 0.367. The van der Waals surface area contributed by atoms with E-state index in [0.717, 1.165) is 19.3 Å². The molecule has 1 spiro atoms. The summed E-state index contributed by atoms with van der Waals surface area (Å²) in [6.45, 7) is 2.27. The second kappa shape index (κ2) is 7.11. The van der Waals surface area contributed by atoms with Crippen LogP contribution in [0.1, 0.15) is 103 Å². The molecule has 0 unspecified atom stereocenters. The molecule has 1 N–H and O–H groups in total. The van der Waals surface area contributed by atoms with Gasteiger partial charge in [-0.15, -0.1) is 0 Å². The number of aliphatic hydroxyl groups is 1. The van der Waals surface area contributed by atoms with Crippen LogP contribution < -0.4 is 0 Å². The standard InChI is InChI=1S/C18H34O/c1-2-3-4-5-6-7-12-18(19)15-13-17(14-16-18)10-8-9-11-17/h19H,2-16H2,1H3. The average Bonchev–Trinajstić information content (AvgIpc) is 2.87. The Morgan fingerprint density at radius 1 is 0.737 bits per heavy atom. The van der Waals surface area contributed by atoms with Crippen molar-refractivity contribution in [2.75, 3.05) is 0 Å². The minimum atomic E-state index is -0.293. The molecule has 2 aliphatic carbocycles. The van der Waals surface area contributed by atoms with Crippen LogP contribution in [-0.4, -0.2) is 10.7 Å². The molecule has 0 atom stereocenters. The van der Waals surface area contributed by atoms with Gasteiger partial charge in [0.05, 0.1) is 5.60 Å². The lowest BCUT2D eigenvalue weighted by molar-refractivity contribution is -0.0403. The third-order valence-electron chi connectivity index (χ3n) is 5.90. The van der Waals surface area contributed by atoms with Gasteiger partial charge in [0.15, 0.2) is 0 Å². The van der Waals surface area contributed by atoms with Gasteiger partial charge in [-0.2, -0.15) is 0 Å². The van der Waals surface area contributed by atoms with E-state index in [0.29, 0.717) is 5.41 Å². The van der Waals surface area contributed by atoms with Crippen LogP contribution in [0, 0.1) is 5.41 Å². The Labute approximate surface area is 120 Å². The zero-order valence-electron chi connectivity index (χ0n) is 13.1. The van der Waals surface area contributed by atoms with E-state index in [1.54, 1.807) is 0 Å². The van der Waals surface area contributed by atoms with E-state index in [4.69, 9.17) is 0 Å². The van der Waals surface area contributed by atoms with E-state index < -0.39 is 0 Å². The summed E-state index contributed by atoms with van der Waals surface area (Å²) in [6.07, 6.45) is 19.6. The van der Waals surface area contributed by atoms with Gasteiger partial charge in [-0.1, -0.05) is 58.3 Å². The number of rotatable bonds is 7. The van der Waals surface area contributed by atoms with Crippen molar-refractivity contribution in [3.8, 4) is 0 Å². The topological polar surface area (TPSA) is 20.2 Å². The second-order valence-corrected chi connectivity index (χ2v) is 7.45. The minimum absolute atomic E-state index is 0.293. The van der Waals surface area contributed by atoms with E-state index in [1.807, 2.05) is 0 Å². The molecule has 0 amide bonds. The summed E-state index contributed by atoms with van der Waals surface area (Å²) in [5.74, 6) is 0. The van der Waals surface area contributed by atoms with Crippen LogP contribution in [0.3, 0.4) is 0 Å². The first-order chi connectivity index (χ1) is 9.18. The molecule has 0 aromatic carbocycles. The first-order valence-corrected chi connectivity index (χ1v) is 8.91. The number of hydrogen-bond acceptors (Lipinski definition) is 1. The summed E-state index contributed by atoms with van der Waals surface area (Å²) in [6, 6.07) is 0. The van der Waals surface area contributed by atoms with Gasteiger partial charge in [-0.3, -0.25) is 0 Å². The van der Waals surface area contributed by atoms with Crippen LogP contribution in [0.2, 0.25) is 0 Å². The van der Waals surface area contributed by atoms with E-state index >= 15 is 0 Å². The fraction of sp³-hybridized carbons (Fsp3) is 1.00. The summed E-state index contributed by atoms with van der Waals surface area (Å²) < 4.78 is 0. The average molecular weight is 266 g/mol. The molecular formula is C18H34O. The van der Waals surface area contributed by atoms with Crippen molar-refractivity contribution in [3.05, 3.63) is 0 Å². The highest BCUT2D eigenvalue weighted by Gasteiger charge is 2.42. The number of unbranched alkanes of at least 4 members (excludes halogenated alkanes) is 5. The summed E-state index contributed by atoms with van der Waals surface area (Å²) in [4.78, 5) is 0. The van der Waals surface area contributed by atoms with Crippen molar-refractivity contribution >= 4 is 0 Å². The molecule has 0 aromatic heterocycles. The Morgan fingerprint density at radius 2 is 1.32 bits per heavy atom. The van der Waals surface area contributed by atoms with Gasteiger partial charge in [0.1, 0.15) is 0 Å². The maximum absolute atomic E-state index is 10.7. The predicted molar refractivity (Wildman–Crippen MR) is 82.3 cm³/mol. The van der Waals surface area contributed by atoms with Crippen molar-refractivity contribution in [1.82, 2.24) is 0 Å². The molecule has 0 saturated heterocycles. The van der Waals surface area contributed by atoms with Crippen LogP contribution in [0.25, 0.3) is 0 Å². The molecule has 0 radical (unpaired) electrons. The summed E-state index contributed by atoms with van der Waals surface area (Å²) in [7, 11) is 0. The molecule has 2 rings (SSSR count). The molecule has 0 bridgehead atoms. The third kappa shape index (κ3) is 4.48. The van der Waals surface area contributed by atoms with Crippen LogP contribution in [0.4, 0.5) is 0 Å². The van der Waals surface area contributed by atoms with Gasteiger partial charge >= 0.3 is 0 Å². The second-order valence-electron chi connectivity index (χ2n) is 7.45. The molecule has 1 nitrogen and oxygen atoms in total. The predicted octanol–water partition coefficient (Wildman–Crippen LogP) is 5.60. The van der Waals surface area contributed by atoms with E-state index in [-0.39, 0.29) is 5.60 Å². The SMILES string of the molecule is CCCCCCCCC1(O)CCC2(CCCC2)CC1. The Morgan fingerprint density at radius 3 is 1.95 bits per heavy atom. The molecule has 0 heterocycles. The highest BCUT2D eigenvalue weighted by atomic mass is 16.3. The van der Waals surface area contributed by atoms with E-state index in [2.05, 4.69) is 6.92 Å². The largest absolute Gasteiger partial charge is 0.390 e. The molecule has 2 saturated carbocycles. The Bertz CT molecular complexity index is 242. The lowest BCUT2D eigenvalue weighted by Gasteiger charge is -2.42. The van der Waals surface area contributed by atoms with Crippen molar-refractivity contribution in [2.24, 2.45) is 5.41 Å². The zero-order chi connectivity index (χ0) is 13.6. The van der Waals surface area contributed by atoms with Gasteiger partial charge in [-0.05, 0) is 50.4 Å². The molecule has 0 aromatic rings. The molecule has 2 aliphatic rings. The van der Waals surface area contributed by atoms with Gasteiger partial charge < -0.3 is 5.11 Å². The monoisotopic (exact) mass is 266 g/mol. The van der Waals surface area contributed by atoms with Crippen molar-refractivity contribution < 1.29 is 5.11 Å². The molecule has 1 heteroatoms. The smallest absolute Gasteiger partial charge is 0.0648 e. The highest BCUT2D eigenvalue weighted by Crippen LogP contribution is 2.52. The first kappa shape index (κ1) is 15.4. The lowest BCUT2D eigenvalue weighted by Crippen LogP contribution is -2.38. The molecule has 0 aliphatic heterocycles. The van der Waals surface area contributed by atoms with Crippen LogP contribution in [0.5, 0.6) is 0 Å². The Balaban J connectivity index is 1.61. The Kier molecular flexibility index (Phi) is 5.74. The quantitative estimate of drug-likeness (QED) is 0.594. The highest BCUT2D eigenvalue weighted by molar-refractivity contribution is 4.95. The maximum atomic E-state index is 10.7. The fourth-order valence-corrected chi connectivity index (χ4v) is 4.36. The van der Waals surface area contributed by atoms with Crippen LogP contribution in [0.15, 0.2) is 0 Å². The van der Waals surface area contributed by atoms with Crippen LogP contribution >= 0.6 is 0 Å². The normalized spacial score (nSPS) is 24.9. The van der Waals surface area contributed by atoms with Gasteiger partial charge in [0, 0.05) is 0 Å². The molecular weight excluding hydrogens is 232 g/mol. The fourth-order valence-electron chi connectivity index (χ4n) is 4.36. The summed E-state index contributed by atoms with van der Waals surface area (Å²) >= 11 is 0. The molecule has 2 fully saturated rings. The van der Waals surface area contributed by atoms with Gasteiger partial charge in [0.25, 0.3) is 0 Å². The lowest BCUT2D eigenvalue weighted by atomic mass is 9.66. The van der Waals surface area contributed by atoms with E-state index in [9.17, 15) is 5.11 Å². The first-order valence-electron chi connectivity index (χ1n) is 8.91. The van der Waals surface area contributed by atoms with Gasteiger partial charge in [-0.25, -0.2) is 0 Å². The molecule has 112 valence electrons. The van der Waals surface area contributed by atoms with Crippen molar-refractivity contribution in [3.63, 3.8) is 0 Å².